The van der Waals surface area contributed by atoms with Gasteiger partial charge >= 0.3 is 0 Å². The van der Waals surface area contributed by atoms with Gasteiger partial charge in [-0.1, -0.05) is 12.1 Å². The monoisotopic (exact) mass is 202 g/mol. The first-order chi connectivity index (χ1) is 7.16. The number of nitrogen functional groups attached to an aromatic ring is 1. The van der Waals surface area contributed by atoms with E-state index in [1.807, 2.05) is 0 Å². The van der Waals surface area contributed by atoms with Gasteiger partial charge in [0.1, 0.15) is 0 Å². The Bertz CT molecular complexity index is 488. The molecule has 15 heavy (non-hydrogen) atoms. The lowest BCUT2D eigenvalue weighted by Gasteiger charge is -1.96. The summed E-state index contributed by atoms with van der Waals surface area (Å²) in [6, 6.07) is 8.40. The molecule has 0 aliphatic carbocycles. The third-order valence-corrected chi connectivity index (χ3v) is 2.00. The number of nitrogens with zero attached hydrogens (tertiary/aromatic N) is 1. The number of nitrogens with two attached hydrogens (primary N) is 1. The number of carbonyl (C=O) groups excluding carboxylic acids is 1. The lowest BCUT2D eigenvalue weighted by molar-refractivity contribution is -0.255. The molecule has 0 unspecified atom stereocenters. The maximum atomic E-state index is 10.5. The predicted molar refractivity (Wildman–Crippen MR) is 52.8 cm³/mol. The van der Waals surface area contributed by atoms with Crippen LogP contribution in [0.2, 0.25) is 0 Å². The molecule has 0 amide bonds. The van der Waals surface area contributed by atoms with Crippen LogP contribution >= 0.6 is 0 Å². The van der Waals surface area contributed by atoms with Crippen molar-refractivity contribution in [2.24, 2.45) is 0 Å². The minimum Gasteiger partial charge on any atom is -0.543 e. The second-order valence-corrected chi connectivity index (χ2v) is 3.08. The number of H-pyrrole nitrogens is 1. The van der Waals surface area contributed by atoms with Crippen molar-refractivity contribution in [3.05, 3.63) is 36.0 Å². The van der Waals surface area contributed by atoms with Gasteiger partial charge in [-0.2, -0.15) is 5.10 Å². The number of nitrogens with one attached hydrogen (secondary N) is 1. The SMILES string of the molecule is Nc1ccc(-c2cc(C(=O)[O-])[nH]n2)cc1. The Morgan fingerprint density at radius 3 is 2.53 bits per heavy atom. The Morgan fingerprint density at radius 2 is 2.00 bits per heavy atom. The van der Waals surface area contributed by atoms with Crippen molar-refractivity contribution >= 4 is 11.7 Å². The summed E-state index contributed by atoms with van der Waals surface area (Å²) in [5.74, 6) is -1.27. The van der Waals surface area contributed by atoms with Gasteiger partial charge in [0.2, 0.25) is 0 Å². The van der Waals surface area contributed by atoms with Gasteiger partial charge in [0, 0.05) is 11.3 Å². The lowest BCUT2D eigenvalue weighted by atomic mass is 10.1. The number of hydrogen-bond donors (Lipinski definition) is 2. The van der Waals surface area contributed by atoms with Gasteiger partial charge in [-0.3, -0.25) is 5.10 Å². The van der Waals surface area contributed by atoms with E-state index >= 15 is 0 Å². The molecule has 0 saturated heterocycles. The highest BCUT2D eigenvalue weighted by atomic mass is 16.4. The van der Waals surface area contributed by atoms with Crippen molar-refractivity contribution in [3.8, 4) is 11.3 Å². The molecule has 3 N–H and O–H groups in total. The second kappa shape index (κ2) is 3.45. The van der Waals surface area contributed by atoms with Crippen LogP contribution in [0, 0.1) is 0 Å². The van der Waals surface area contributed by atoms with E-state index in [2.05, 4.69) is 10.2 Å². The normalized spacial score (nSPS) is 10.1. The van der Waals surface area contributed by atoms with E-state index in [-0.39, 0.29) is 5.69 Å². The van der Waals surface area contributed by atoms with E-state index in [4.69, 9.17) is 5.73 Å². The first kappa shape index (κ1) is 9.26. The summed E-state index contributed by atoms with van der Waals surface area (Å²) in [6.07, 6.45) is 0. The van der Waals surface area contributed by atoms with Gasteiger partial charge in [0.25, 0.3) is 0 Å². The zero-order valence-corrected chi connectivity index (χ0v) is 7.73. The Hall–Kier alpha value is -2.30. The van der Waals surface area contributed by atoms with Crippen molar-refractivity contribution in [1.29, 1.82) is 0 Å². The molecule has 2 aromatic rings. The molecule has 1 heterocycles. The van der Waals surface area contributed by atoms with Gasteiger partial charge in [0.15, 0.2) is 0 Å². The van der Waals surface area contributed by atoms with Gasteiger partial charge in [0.05, 0.1) is 17.4 Å². The van der Waals surface area contributed by atoms with Crippen LogP contribution in [0.5, 0.6) is 0 Å². The van der Waals surface area contributed by atoms with Crippen molar-refractivity contribution in [2.45, 2.75) is 0 Å². The fourth-order valence-electron chi connectivity index (χ4n) is 1.23. The van der Waals surface area contributed by atoms with E-state index < -0.39 is 5.97 Å². The number of aromatic nitrogens is 2. The van der Waals surface area contributed by atoms with Crippen LogP contribution in [0.25, 0.3) is 11.3 Å². The zero-order valence-electron chi connectivity index (χ0n) is 7.73. The number of benzene rings is 1. The average Bonchev–Trinajstić information content (AvgIpc) is 2.68. The van der Waals surface area contributed by atoms with E-state index in [0.29, 0.717) is 11.4 Å². The standard InChI is InChI=1S/C10H9N3O2/c11-7-3-1-6(2-4-7)8-5-9(10(14)15)13-12-8/h1-5H,11H2,(H,12,13)(H,14,15)/p-1. The molecule has 0 bridgehead atoms. The summed E-state index contributed by atoms with van der Waals surface area (Å²) >= 11 is 0. The highest BCUT2D eigenvalue weighted by molar-refractivity contribution is 5.85. The van der Waals surface area contributed by atoms with Gasteiger partial charge in [-0.05, 0) is 18.2 Å². The van der Waals surface area contributed by atoms with Crippen LogP contribution in [0.1, 0.15) is 10.5 Å². The summed E-state index contributed by atoms with van der Waals surface area (Å²) in [6.45, 7) is 0. The molecule has 76 valence electrons. The molecule has 0 radical (unpaired) electrons. The minimum atomic E-state index is -1.27. The van der Waals surface area contributed by atoms with E-state index in [1.54, 1.807) is 24.3 Å². The number of aromatic carboxylic acids is 1. The summed E-state index contributed by atoms with van der Waals surface area (Å²) < 4.78 is 0. The Kier molecular flexibility index (Phi) is 2.13. The van der Waals surface area contributed by atoms with Gasteiger partial charge in [-0.15, -0.1) is 0 Å². The van der Waals surface area contributed by atoms with Crippen LogP contribution in [0.4, 0.5) is 5.69 Å². The van der Waals surface area contributed by atoms with Crippen LogP contribution in [-0.4, -0.2) is 16.2 Å². The number of rotatable bonds is 2. The Morgan fingerprint density at radius 1 is 1.33 bits per heavy atom. The fraction of sp³-hybridized carbons (Fsp3) is 0. The number of carbonyl (C=O) groups is 1. The molecule has 5 heteroatoms. The van der Waals surface area contributed by atoms with Crippen molar-refractivity contribution < 1.29 is 9.90 Å². The summed E-state index contributed by atoms with van der Waals surface area (Å²) in [5.41, 5.74) is 7.48. The van der Waals surface area contributed by atoms with E-state index in [9.17, 15) is 9.90 Å². The molecule has 0 aliphatic rings. The zero-order chi connectivity index (χ0) is 10.8. The van der Waals surface area contributed by atoms with Gasteiger partial charge in [-0.25, -0.2) is 0 Å². The number of carboxylic acid groups (broad SMARTS) is 1. The Labute approximate surface area is 85.5 Å². The van der Waals surface area contributed by atoms with E-state index in [1.165, 1.54) is 6.07 Å². The van der Waals surface area contributed by atoms with Crippen molar-refractivity contribution in [1.82, 2.24) is 10.2 Å². The lowest BCUT2D eigenvalue weighted by Crippen LogP contribution is -2.22. The van der Waals surface area contributed by atoms with Gasteiger partial charge < -0.3 is 15.6 Å². The quantitative estimate of drug-likeness (QED) is 0.671. The smallest absolute Gasteiger partial charge is 0.0927 e. The summed E-state index contributed by atoms with van der Waals surface area (Å²) in [7, 11) is 0. The number of anilines is 1. The summed E-state index contributed by atoms with van der Waals surface area (Å²) in [4.78, 5) is 10.5. The van der Waals surface area contributed by atoms with Crippen LogP contribution < -0.4 is 10.8 Å². The molecule has 5 nitrogen and oxygen atoms in total. The summed E-state index contributed by atoms with van der Waals surface area (Å²) in [5, 5.41) is 16.7. The molecule has 2 rings (SSSR count). The van der Waals surface area contributed by atoms with Crippen LogP contribution in [-0.2, 0) is 0 Å². The minimum absolute atomic E-state index is 0.0400. The highest BCUT2D eigenvalue weighted by Crippen LogP contribution is 2.18. The molecule has 0 saturated carbocycles. The fourth-order valence-corrected chi connectivity index (χ4v) is 1.23. The molecule has 0 aliphatic heterocycles. The molecule has 1 aromatic heterocycles. The molecule has 0 fully saturated rings. The predicted octanol–water partition coefficient (Wildman–Crippen LogP) is 0.0224. The first-order valence-electron chi connectivity index (χ1n) is 4.29. The Balaban J connectivity index is 2.37. The number of aromatic amines is 1. The third kappa shape index (κ3) is 1.80. The molecule has 0 atom stereocenters. The number of hydrogen-bond acceptors (Lipinski definition) is 4. The first-order valence-corrected chi connectivity index (χ1v) is 4.29. The van der Waals surface area contributed by atoms with Crippen LogP contribution in [0.15, 0.2) is 30.3 Å². The molecular formula is C10H8N3O2-. The third-order valence-electron chi connectivity index (χ3n) is 2.00. The van der Waals surface area contributed by atoms with Crippen LogP contribution in [0.3, 0.4) is 0 Å². The molecule has 0 spiro atoms. The highest BCUT2D eigenvalue weighted by Gasteiger charge is 2.03. The second-order valence-electron chi connectivity index (χ2n) is 3.08. The molecular weight excluding hydrogens is 194 g/mol. The topological polar surface area (TPSA) is 94.8 Å². The van der Waals surface area contributed by atoms with Crippen molar-refractivity contribution in [3.63, 3.8) is 0 Å². The largest absolute Gasteiger partial charge is 0.543 e. The van der Waals surface area contributed by atoms with Crippen molar-refractivity contribution in [2.75, 3.05) is 5.73 Å². The maximum Gasteiger partial charge on any atom is 0.0927 e. The van der Waals surface area contributed by atoms with E-state index in [0.717, 1.165) is 5.56 Å². The number of carboxylic acids is 1. The average molecular weight is 202 g/mol. The molecule has 1 aromatic carbocycles. The maximum absolute atomic E-state index is 10.5.